The highest BCUT2D eigenvalue weighted by Crippen LogP contribution is 2.33. The molecule has 0 heterocycles. The Hall–Kier alpha value is -1.52. The first-order valence-corrected chi connectivity index (χ1v) is 5.84. The molecule has 19 heavy (non-hydrogen) atoms. The fourth-order valence-electron chi connectivity index (χ4n) is 1.85. The minimum absolute atomic E-state index is 0.282. The van der Waals surface area contributed by atoms with Gasteiger partial charge in [0.2, 0.25) is 0 Å². The van der Waals surface area contributed by atoms with Gasteiger partial charge in [0.1, 0.15) is 5.60 Å². The van der Waals surface area contributed by atoms with Gasteiger partial charge in [-0.25, -0.2) is 13.2 Å². The third-order valence-corrected chi connectivity index (χ3v) is 3.18. The third kappa shape index (κ3) is 2.46. The van der Waals surface area contributed by atoms with E-state index in [1.165, 1.54) is 19.1 Å². The van der Waals surface area contributed by atoms with Gasteiger partial charge in [0, 0.05) is 10.6 Å². The molecule has 0 spiro atoms. The second-order valence-corrected chi connectivity index (χ2v) is 4.74. The van der Waals surface area contributed by atoms with Crippen molar-refractivity contribution >= 4 is 11.6 Å². The highest BCUT2D eigenvalue weighted by molar-refractivity contribution is 6.30. The van der Waals surface area contributed by atoms with Gasteiger partial charge >= 0.3 is 0 Å². The molecule has 2 aromatic carbocycles. The zero-order chi connectivity index (χ0) is 14.2. The van der Waals surface area contributed by atoms with E-state index < -0.39 is 23.1 Å². The molecule has 2 aromatic rings. The fourth-order valence-corrected chi connectivity index (χ4v) is 2.04. The molecule has 0 saturated heterocycles. The maximum absolute atomic E-state index is 13.7. The highest BCUT2D eigenvalue weighted by Gasteiger charge is 2.31. The van der Waals surface area contributed by atoms with E-state index in [1.807, 2.05) is 0 Å². The molecular weight excluding hydrogens is 277 g/mol. The zero-order valence-electron chi connectivity index (χ0n) is 9.92. The molecule has 1 N–H and O–H groups in total. The van der Waals surface area contributed by atoms with Crippen LogP contribution in [0, 0.1) is 17.5 Å². The summed E-state index contributed by atoms with van der Waals surface area (Å²) in [6.45, 7) is 1.29. The molecule has 1 atom stereocenters. The quantitative estimate of drug-likeness (QED) is 0.827. The van der Waals surface area contributed by atoms with Crippen LogP contribution in [0.2, 0.25) is 5.02 Å². The van der Waals surface area contributed by atoms with Crippen LogP contribution in [0.4, 0.5) is 13.2 Å². The summed E-state index contributed by atoms with van der Waals surface area (Å²) in [5, 5.41) is 10.7. The molecule has 0 radical (unpaired) electrons. The van der Waals surface area contributed by atoms with Crippen LogP contribution in [-0.2, 0) is 5.60 Å². The van der Waals surface area contributed by atoms with Crippen molar-refractivity contribution in [1.82, 2.24) is 0 Å². The average molecular weight is 287 g/mol. The first-order valence-electron chi connectivity index (χ1n) is 5.46. The minimum Gasteiger partial charge on any atom is -0.381 e. The van der Waals surface area contributed by atoms with Gasteiger partial charge < -0.3 is 5.11 Å². The Bertz CT molecular complexity index is 626. The molecule has 5 heteroatoms. The van der Waals surface area contributed by atoms with Crippen LogP contribution in [0.15, 0.2) is 36.4 Å². The Labute approximate surface area is 113 Å². The van der Waals surface area contributed by atoms with Crippen LogP contribution in [-0.4, -0.2) is 5.11 Å². The molecule has 0 aliphatic rings. The topological polar surface area (TPSA) is 20.2 Å². The van der Waals surface area contributed by atoms with Crippen molar-refractivity contribution in [2.24, 2.45) is 0 Å². The van der Waals surface area contributed by atoms with Crippen molar-refractivity contribution < 1.29 is 18.3 Å². The standard InChI is InChI=1S/C14H10ClF3O/c1-14(19,8-3-2-4-9(15)7-8)10-5-6-11(16)13(18)12(10)17/h2-7,19H,1H3. The van der Waals surface area contributed by atoms with Crippen LogP contribution < -0.4 is 0 Å². The lowest BCUT2D eigenvalue weighted by Gasteiger charge is -2.25. The van der Waals surface area contributed by atoms with Gasteiger partial charge in [0.15, 0.2) is 17.5 Å². The summed E-state index contributed by atoms with van der Waals surface area (Å²) in [6.07, 6.45) is 0. The molecule has 0 bridgehead atoms. The van der Waals surface area contributed by atoms with Gasteiger partial charge in [-0.15, -0.1) is 0 Å². The molecule has 2 rings (SSSR count). The summed E-state index contributed by atoms with van der Waals surface area (Å²) in [4.78, 5) is 0. The summed E-state index contributed by atoms with van der Waals surface area (Å²) in [7, 11) is 0. The molecule has 0 amide bonds. The summed E-state index contributed by atoms with van der Waals surface area (Å²) >= 11 is 5.80. The van der Waals surface area contributed by atoms with Crippen LogP contribution in [0.5, 0.6) is 0 Å². The Morgan fingerprint density at radius 3 is 2.37 bits per heavy atom. The van der Waals surface area contributed by atoms with Crippen molar-refractivity contribution in [3.63, 3.8) is 0 Å². The van der Waals surface area contributed by atoms with Crippen molar-refractivity contribution in [2.75, 3.05) is 0 Å². The van der Waals surface area contributed by atoms with Gasteiger partial charge in [0.25, 0.3) is 0 Å². The maximum Gasteiger partial charge on any atom is 0.194 e. The number of benzene rings is 2. The summed E-state index contributed by atoms with van der Waals surface area (Å²) in [5.41, 5.74) is -1.89. The van der Waals surface area contributed by atoms with E-state index in [0.717, 1.165) is 12.1 Å². The fraction of sp³-hybridized carbons (Fsp3) is 0.143. The predicted molar refractivity (Wildman–Crippen MR) is 66.4 cm³/mol. The van der Waals surface area contributed by atoms with E-state index in [-0.39, 0.29) is 11.1 Å². The monoisotopic (exact) mass is 286 g/mol. The number of halogens is 4. The number of aliphatic hydroxyl groups is 1. The van der Waals surface area contributed by atoms with Crippen molar-refractivity contribution in [1.29, 1.82) is 0 Å². The molecule has 0 aromatic heterocycles. The molecule has 0 aliphatic heterocycles. The van der Waals surface area contributed by atoms with Gasteiger partial charge in [-0.05, 0) is 36.8 Å². The molecule has 1 unspecified atom stereocenters. The van der Waals surface area contributed by atoms with Gasteiger partial charge in [-0.3, -0.25) is 0 Å². The third-order valence-electron chi connectivity index (χ3n) is 2.95. The summed E-state index contributed by atoms with van der Waals surface area (Å²) in [5.74, 6) is -4.33. The van der Waals surface area contributed by atoms with Crippen molar-refractivity contribution in [2.45, 2.75) is 12.5 Å². The Balaban J connectivity index is 2.60. The van der Waals surface area contributed by atoms with Crippen LogP contribution >= 0.6 is 11.6 Å². The normalized spacial score (nSPS) is 14.2. The second-order valence-electron chi connectivity index (χ2n) is 4.31. The number of rotatable bonds is 2. The smallest absolute Gasteiger partial charge is 0.194 e. The van der Waals surface area contributed by atoms with E-state index in [0.29, 0.717) is 5.02 Å². The van der Waals surface area contributed by atoms with E-state index in [1.54, 1.807) is 12.1 Å². The van der Waals surface area contributed by atoms with Gasteiger partial charge in [-0.2, -0.15) is 0 Å². The number of hydrogen-bond acceptors (Lipinski definition) is 1. The molecule has 1 nitrogen and oxygen atoms in total. The largest absolute Gasteiger partial charge is 0.381 e. The zero-order valence-corrected chi connectivity index (χ0v) is 10.7. The predicted octanol–water partition coefficient (Wildman–Crippen LogP) is 4.01. The molecule has 100 valence electrons. The Morgan fingerprint density at radius 2 is 1.74 bits per heavy atom. The first-order chi connectivity index (χ1) is 8.84. The van der Waals surface area contributed by atoms with Crippen molar-refractivity contribution in [3.05, 3.63) is 70.0 Å². The Morgan fingerprint density at radius 1 is 1.05 bits per heavy atom. The minimum atomic E-state index is -1.82. The lowest BCUT2D eigenvalue weighted by Crippen LogP contribution is -2.25. The first kappa shape index (κ1) is 13.9. The highest BCUT2D eigenvalue weighted by atomic mass is 35.5. The van der Waals surface area contributed by atoms with Crippen LogP contribution in [0.25, 0.3) is 0 Å². The molecule has 0 saturated carbocycles. The van der Waals surface area contributed by atoms with E-state index in [4.69, 9.17) is 11.6 Å². The van der Waals surface area contributed by atoms with E-state index in [2.05, 4.69) is 0 Å². The molecule has 0 aliphatic carbocycles. The lowest BCUT2D eigenvalue weighted by molar-refractivity contribution is 0.0967. The van der Waals surface area contributed by atoms with Crippen LogP contribution in [0.3, 0.4) is 0 Å². The lowest BCUT2D eigenvalue weighted by atomic mass is 9.88. The SMILES string of the molecule is CC(O)(c1cccc(Cl)c1)c1ccc(F)c(F)c1F. The maximum atomic E-state index is 13.7. The van der Waals surface area contributed by atoms with Crippen molar-refractivity contribution in [3.8, 4) is 0 Å². The van der Waals surface area contributed by atoms with E-state index in [9.17, 15) is 18.3 Å². The number of hydrogen-bond donors (Lipinski definition) is 1. The second kappa shape index (κ2) is 4.87. The Kier molecular flexibility index (Phi) is 3.56. The summed E-state index contributed by atoms with van der Waals surface area (Å²) < 4.78 is 39.9. The van der Waals surface area contributed by atoms with Gasteiger partial charge in [0.05, 0.1) is 0 Å². The van der Waals surface area contributed by atoms with E-state index >= 15 is 0 Å². The summed E-state index contributed by atoms with van der Waals surface area (Å²) in [6, 6.07) is 7.89. The van der Waals surface area contributed by atoms with Gasteiger partial charge in [-0.1, -0.05) is 23.7 Å². The average Bonchev–Trinajstić information content (AvgIpc) is 2.36. The molecule has 0 fully saturated rings. The molecular formula is C14H10ClF3O. The van der Waals surface area contributed by atoms with Crippen LogP contribution in [0.1, 0.15) is 18.1 Å².